The molecule has 33 heavy (non-hydrogen) atoms. The molecule has 2 atom stereocenters. The number of anilines is 1. The summed E-state index contributed by atoms with van der Waals surface area (Å²) in [6.07, 6.45) is 1.34. The molecule has 2 aromatic carbocycles. The first kappa shape index (κ1) is 27.3. The van der Waals surface area contributed by atoms with E-state index in [0.29, 0.717) is 5.02 Å². The summed E-state index contributed by atoms with van der Waals surface area (Å²) in [6, 6.07) is 7.21. The van der Waals surface area contributed by atoms with Crippen molar-refractivity contribution in [2.75, 3.05) is 17.7 Å². The van der Waals surface area contributed by atoms with Gasteiger partial charge in [-0.2, -0.15) is 0 Å². The summed E-state index contributed by atoms with van der Waals surface area (Å²) >= 11 is 12.1. The Morgan fingerprint density at radius 3 is 2.21 bits per heavy atom. The summed E-state index contributed by atoms with van der Waals surface area (Å²) in [5.41, 5.74) is 3.24. The Balaban J connectivity index is 2.41. The molecule has 0 unspecified atom stereocenters. The Hall–Kier alpha value is -1.96. The van der Waals surface area contributed by atoms with E-state index in [4.69, 9.17) is 27.9 Å². The van der Waals surface area contributed by atoms with Crippen LogP contribution in [0.3, 0.4) is 0 Å². The molecular weight excluding hydrogens is 483 g/mol. The molecule has 0 fully saturated rings. The zero-order valence-corrected chi connectivity index (χ0v) is 22.4. The molecule has 9 heteroatoms. The first-order valence-electron chi connectivity index (χ1n) is 10.7. The standard InChI is InChI=1S/C24H32Cl2N2O4S/c1-8-22(28(33(7,30)31)17-9-10-20(25)21(26)12-17)24(29)27-16(5)19-13-18(14(2)3)23(32-6)11-15(19)4/h9-14,16,22H,8H2,1-7H3,(H,27,29)/t16-,22+/m0/s1. The van der Waals surface area contributed by atoms with E-state index in [1.807, 2.05) is 26.0 Å². The van der Waals surface area contributed by atoms with Crippen LogP contribution in [0, 0.1) is 6.92 Å². The van der Waals surface area contributed by atoms with Gasteiger partial charge >= 0.3 is 0 Å². The number of amides is 1. The molecule has 2 aromatic rings. The molecule has 0 heterocycles. The van der Waals surface area contributed by atoms with E-state index in [0.717, 1.165) is 33.0 Å². The van der Waals surface area contributed by atoms with E-state index in [2.05, 4.69) is 19.2 Å². The lowest BCUT2D eigenvalue weighted by Crippen LogP contribution is -2.49. The van der Waals surface area contributed by atoms with Crippen LogP contribution in [0.1, 0.15) is 62.8 Å². The van der Waals surface area contributed by atoms with Crippen LogP contribution in [0.15, 0.2) is 30.3 Å². The number of benzene rings is 2. The highest BCUT2D eigenvalue weighted by Gasteiger charge is 2.32. The van der Waals surface area contributed by atoms with Crippen molar-refractivity contribution in [3.8, 4) is 5.75 Å². The van der Waals surface area contributed by atoms with Crippen LogP contribution in [0.5, 0.6) is 5.75 Å². The Kier molecular flexibility index (Phi) is 9.08. The van der Waals surface area contributed by atoms with Crippen LogP contribution >= 0.6 is 23.2 Å². The number of aryl methyl sites for hydroxylation is 1. The first-order chi connectivity index (χ1) is 15.3. The average molecular weight is 516 g/mol. The molecule has 0 aliphatic carbocycles. The van der Waals surface area contributed by atoms with Crippen molar-refractivity contribution in [3.63, 3.8) is 0 Å². The van der Waals surface area contributed by atoms with Crippen LogP contribution in [0.25, 0.3) is 0 Å². The van der Waals surface area contributed by atoms with Gasteiger partial charge in [0.15, 0.2) is 0 Å². The van der Waals surface area contributed by atoms with E-state index in [9.17, 15) is 13.2 Å². The summed E-state index contributed by atoms with van der Waals surface area (Å²) in [7, 11) is -2.15. The van der Waals surface area contributed by atoms with Gasteiger partial charge in [-0.25, -0.2) is 8.42 Å². The monoisotopic (exact) mass is 514 g/mol. The van der Waals surface area contributed by atoms with Crippen molar-refractivity contribution < 1.29 is 17.9 Å². The van der Waals surface area contributed by atoms with Gasteiger partial charge in [-0.05, 0) is 73.2 Å². The maximum Gasteiger partial charge on any atom is 0.244 e. The third-order valence-electron chi connectivity index (χ3n) is 5.55. The van der Waals surface area contributed by atoms with Gasteiger partial charge in [-0.15, -0.1) is 0 Å². The number of ether oxygens (including phenoxy) is 1. The molecule has 1 amide bonds. The quantitative estimate of drug-likeness (QED) is 0.454. The number of carbonyl (C=O) groups is 1. The predicted molar refractivity (Wildman–Crippen MR) is 136 cm³/mol. The predicted octanol–water partition coefficient (Wildman–Crippen LogP) is 5.86. The number of nitrogens with one attached hydrogen (secondary N) is 1. The van der Waals surface area contributed by atoms with Crippen LogP contribution in [-0.4, -0.2) is 33.7 Å². The minimum absolute atomic E-state index is 0.210. The highest BCUT2D eigenvalue weighted by atomic mass is 35.5. The highest BCUT2D eigenvalue weighted by Crippen LogP contribution is 2.33. The lowest BCUT2D eigenvalue weighted by molar-refractivity contribution is -0.122. The lowest BCUT2D eigenvalue weighted by Gasteiger charge is -2.31. The molecule has 2 rings (SSSR count). The fourth-order valence-electron chi connectivity index (χ4n) is 3.88. The van der Waals surface area contributed by atoms with Crippen LogP contribution in [-0.2, 0) is 14.8 Å². The van der Waals surface area contributed by atoms with Gasteiger partial charge in [0.2, 0.25) is 15.9 Å². The van der Waals surface area contributed by atoms with Crippen molar-refractivity contribution in [3.05, 3.63) is 57.1 Å². The number of methoxy groups -OCH3 is 1. The van der Waals surface area contributed by atoms with Gasteiger partial charge in [0.1, 0.15) is 11.8 Å². The van der Waals surface area contributed by atoms with Crippen molar-refractivity contribution in [1.82, 2.24) is 5.32 Å². The molecule has 0 spiro atoms. The molecule has 0 saturated carbocycles. The van der Waals surface area contributed by atoms with Gasteiger partial charge in [0.25, 0.3) is 0 Å². The average Bonchev–Trinajstić information content (AvgIpc) is 2.72. The second-order valence-corrected chi connectivity index (χ2v) is 11.1. The third kappa shape index (κ3) is 6.34. The SMILES string of the molecule is CC[C@H](C(=O)N[C@@H](C)c1cc(C(C)C)c(OC)cc1C)N(c1ccc(Cl)c(Cl)c1)S(C)(=O)=O. The van der Waals surface area contributed by atoms with E-state index < -0.39 is 22.0 Å². The van der Waals surface area contributed by atoms with E-state index in [1.165, 1.54) is 18.2 Å². The van der Waals surface area contributed by atoms with E-state index in [-0.39, 0.29) is 29.1 Å². The fourth-order valence-corrected chi connectivity index (χ4v) is 5.38. The van der Waals surface area contributed by atoms with Crippen LogP contribution < -0.4 is 14.4 Å². The Morgan fingerprint density at radius 2 is 1.73 bits per heavy atom. The lowest BCUT2D eigenvalue weighted by atomic mass is 9.93. The Labute approximate surface area is 207 Å². The molecule has 0 aromatic heterocycles. The molecule has 6 nitrogen and oxygen atoms in total. The minimum atomic E-state index is -3.79. The molecule has 182 valence electrons. The normalized spacial score (nSPS) is 13.5. The number of sulfonamides is 1. The number of nitrogens with zero attached hydrogens (tertiary/aromatic N) is 1. The zero-order chi connectivity index (χ0) is 25.1. The number of hydrogen-bond donors (Lipinski definition) is 1. The van der Waals surface area contributed by atoms with Crippen molar-refractivity contribution in [2.45, 2.75) is 59.0 Å². The summed E-state index contributed by atoms with van der Waals surface area (Å²) in [5.74, 6) is 0.642. The molecule has 0 bridgehead atoms. The molecule has 1 N–H and O–H groups in total. The second kappa shape index (κ2) is 11.0. The smallest absolute Gasteiger partial charge is 0.244 e. The van der Waals surface area contributed by atoms with Gasteiger partial charge in [-0.3, -0.25) is 9.10 Å². The Morgan fingerprint density at radius 1 is 1.09 bits per heavy atom. The Bertz CT molecular complexity index is 1120. The summed E-state index contributed by atoms with van der Waals surface area (Å²) in [5, 5.41) is 3.51. The fraction of sp³-hybridized carbons (Fsp3) is 0.458. The number of halogens is 2. The topological polar surface area (TPSA) is 75.7 Å². The summed E-state index contributed by atoms with van der Waals surface area (Å²) in [6.45, 7) is 9.76. The van der Waals surface area contributed by atoms with Gasteiger partial charge < -0.3 is 10.1 Å². The van der Waals surface area contributed by atoms with E-state index in [1.54, 1.807) is 14.0 Å². The van der Waals surface area contributed by atoms with E-state index >= 15 is 0 Å². The molecule has 0 saturated heterocycles. The number of carbonyl (C=O) groups excluding carboxylic acids is 1. The number of hydrogen-bond acceptors (Lipinski definition) is 4. The zero-order valence-electron chi connectivity index (χ0n) is 20.1. The second-order valence-electron chi connectivity index (χ2n) is 8.42. The largest absolute Gasteiger partial charge is 0.496 e. The maximum absolute atomic E-state index is 13.3. The van der Waals surface area contributed by atoms with Gasteiger partial charge in [-0.1, -0.05) is 44.0 Å². The summed E-state index contributed by atoms with van der Waals surface area (Å²) in [4.78, 5) is 13.3. The minimum Gasteiger partial charge on any atom is -0.496 e. The maximum atomic E-state index is 13.3. The molecule has 0 aliphatic rings. The van der Waals surface area contributed by atoms with Crippen molar-refractivity contribution in [1.29, 1.82) is 0 Å². The number of rotatable bonds is 9. The van der Waals surface area contributed by atoms with Crippen molar-refractivity contribution in [2.24, 2.45) is 0 Å². The third-order valence-corrected chi connectivity index (χ3v) is 7.47. The van der Waals surface area contributed by atoms with Crippen molar-refractivity contribution >= 4 is 44.8 Å². The molecule has 0 aliphatic heterocycles. The first-order valence-corrected chi connectivity index (χ1v) is 13.3. The molecule has 0 radical (unpaired) electrons. The summed E-state index contributed by atoms with van der Waals surface area (Å²) < 4.78 is 32.0. The highest BCUT2D eigenvalue weighted by molar-refractivity contribution is 7.92. The van der Waals surface area contributed by atoms with Crippen LogP contribution in [0.2, 0.25) is 10.0 Å². The van der Waals surface area contributed by atoms with Gasteiger partial charge in [0, 0.05) is 0 Å². The van der Waals surface area contributed by atoms with Gasteiger partial charge in [0.05, 0.1) is 35.1 Å². The molecular formula is C24H32Cl2N2O4S. The van der Waals surface area contributed by atoms with Crippen LogP contribution in [0.4, 0.5) is 5.69 Å².